The maximum absolute atomic E-state index is 12.6. The fourth-order valence-electron chi connectivity index (χ4n) is 3.10. The van der Waals surface area contributed by atoms with Gasteiger partial charge in [0.15, 0.2) is 0 Å². The van der Waals surface area contributed by atoms with E-state index in [1.54, 1.807) is 13.3 Å². The fraction of sp³-hybridized carbons (Fsp3) is 0.304. The molecule has 1 N–H and O–H groups in total. The number of benzene rings is 2. The molecule has 1 amide bonds. The third-order valence-corrected chi connectivity index (χ3v) is 4.80. The van der Waals surface area contributed by atoms with Crippen LogP contribution < -0.4 is 14.8 Å². The molecule has 0 fully saturated rings. The minimum atomic E-state index is -0.353. The average Bonchev–Trinajstić information content (AvgIpc) is 3.14. The lowest BCUT2D eigenvalue weighted by molar-refractivity contribution is -0.122. The van der Waals surface area contributed by atoms with Crippen LogP contribution in [0.2, 0.25) is 0 Å². The van der Waals surface area contributed by atoms with E-state index in [0.717, 1.165) is 34.0 Å². The Morgan fingerprint density at radius 2 is 1.93 bits per heavy atom. The van der Waals surface area contributed by atoms with Gasteiger partial charge in [-0.3, -0.25) is 4.79 Å². The number of nitrogens with zero attached hydrogens (tertiary/aromatic N) is 2. The molecule has 0 aliphatic heterocycles. The lowest BCUT2D eigenvalue weighted by Gasteiger charge is -2.19. The third-order valence-electron chi connectivity index (χ3n) is 4.80. The minimum Gasteiger partial charge on any atom is -0.497 e. The van der Waals surface area contributed by atoms with Gasteiger partial charge in [0.2, 0.25) is 5.91 Å². The molecule has 152 valence electrons. The summed E-state index contributed by atoms with van der Waals surface area (Å²) in [5.74, 6) is 2.24. The Morgan fingerprint density at radius 1 is 1.17 bits per heavy atom. The van der Waals surface area contributed by atoms with Crippen LogP contribution in [-0.4, -0.2) is 29.2 Å². The Morgan fingerprint density at radius 3 is 2.59 bits per heavy atom. The number of nitrogens with one attached hydrogen (secondary N) is 1. The molecule has 1 aromatic heterocycles. The van der Waals surface area contributed by atoms with Crippen molar-refractivity contribution in [3.63, 3.8) is 0 Å². The first kappa shape index (κ1) is 20.5. The summed E-state index contributed by atoms with van der Waals surface area (Å²) in [5, 5.41) is 3.08. The molecule has 1 atom stereocenters. The average molecular weight is 393 g/mol. The number of aryl methyl sites for hydroxylation is 3. The van der Waals surface area contributed by atoms with Crippen molar-refractivity contribution in [2.24, 2.45) is 7.05 Å². The highest BCUT2D eigenvalue weighted by molar-refractivity contribution is 5.77. The molecular weight excluding hydrogens is 366 g/mol. The number of methoxy groups -OCH3 is 1. The van der Waals surface area contributed by atoms with E-state index in [-0.39, 0.29) is 18.4 Å². The van der Waals surface area contributed by atoms with Gasteiger partial charge in [-0.25, -0.2) is 4.98 Å². The van der Waals surface area contributed by atoms with Crippen molar-refractivity contribution in [3.8, 4) is 11.5 Å². The van der Waals surface area contributed by atoms with Crippen molar-refractivity contribution in [1.82, 2.24) is 14.9 Å². The molecule has 0 aliphatic carbocycles. The molecule has 29 heavy (non-hydrogen) atoms. The van der Waals surface area contributed by atoms with E-state index >= 15 is 0 Å². The number of ether oxygens (including phenoxy) is 2. The maximum atomic E-state index is 12.6. The van der Waals surface area contributed by atoms with Crippen LogP contribution in [0.25, 0.3) is 0 Å². The second-order valence-electron chi connectivity index (χ2n) is 7.04. The number of rotatable bonds is 8. The van der Waals surface area contributed by atoms with E-state index < -0.39 is 0 Å². The van der Waals surface area contributed by atoms with Gasteiger partial charge in [0.05, 0.1) is 20.1 Å². The van der Waals surface area contributed by atoms with Crippen molar-refractivity contribution >= 4 is 5.91 Å². The van der Waals surface area contributed by atoms with Crippen molar-refractivity contribution < 1.29 is 14.3 Å². The van der Waals surface area contributed by atoms with Gasteiger partial charge in [-0.05, 0) is 48.7 Å². The van der Waals surface area contributed by atoms with Crippen LogP contribution in [0.5, 0.6) is 11.5 Å². The predicted molar refractivity (Wildman–Crippen MR) is 112 cm³/mol. The van der Waals surface area contributed by atoms with Gasteiger partial charge in [-0.2, -0.15) is 0 Å². The van der Waals surface area contributed by atoms with Gasteiger partial charge in [0.1, 0.15) is 23.4 Å². The zero-order valence-electron chi connectivity index (χ0n) is 17.3. The SMILES string of the molecule is COc1ccc(C(NC(=O)CCOc2cc(C)ccc2C)c2nccn2C)cc1. The van der Waals surface area contributed by atoms with Crippen molar-refractivity contribution in [2.75, 3.05) is 13.7 Å². The standard InChI is InChI=1S/C23H27N3O3/c1-16-5-6-17(2)20(15-16)29-14-11-21(27)25-22(23-24-12-13-26(23)3)18-7-9-19(28-4)10-8-18/h5-10,12-13,15,22H,11,14H2,1-4H3,(H,25,27). The molecule has 6 nitrogen and oxygen atoms in total. The molecule has 1 heterocycles. The Kier molecular flexibility index (Phi) is 6.54. The smallest absolute Gasteiger partial charge is 0.224 e. The molecule has 3 aromatic rings. The second kappa shape index (κ2) is 9.28. The molecule has 3 rings (SSSR count). The van der Waals surface area contributed by atoms with E-state index in [4.69, 9.17) is 9.47 Å². The van der Waals surface area contributed by atoms with Crippen molar-refractivity contribution in [3.05, 3.63) is 77.4 Å². The first-order chi connectivity index (χ1) is 14.0. The lowest BCUT2D eigenvalue weighted by atomic mass is 10.1. The van der Waals surface area contributed by atoms with E-state index in [1.165, 1.54) is 0 Å². The summed E-state index contributed by atoms with van der Waals surface area (Å²) in [5.41, 5.74) is 3.12. The van der Waals surface area contributed by atoms with Crippen LogP contribution in [0.3, 0.4) is 0 Å². The number of imidazole rings is 1. The summed E-state index contributed by atoms with van der Waals surface area (Å²) in [7, 11) is 3.54. The molecule has 1 unspecified atom stereocenters. The monoisotopic (exact) mass is 393 g/mol. The molecular formula is C23H27N3O3. The first-order valence-corrected chi connectivity index (χ1v) is 9.58. The highest BCUT2D eigenvalue weighted by Crippen LogP contribution is 2.23. The molecule has 6 heteroatoms. The largest absolute Gasteiger partial charge is 0.497 e. The number of amides is 1. The van der Waals surface area contributed by atoms with Crippen LogP contribution in [0.1, 0.15) is 35.0 Å². The van der Waals surface area contributed by atoms with Gasteiger partial charge in [0.25, 0.3) is 0 Å². The molecule has 0 bridgehead atoms. The quantitative estimate of drug-likeness (QED) is 0.633. The maximum Gasteiger partial charge on any atom is 0.224 e. The molecule has 0 radical (unpaired) electrons. The number of hydrogen-bond acceptors (Lipinski definition) is 4. The van der Waals surface area contributed by atoms with Crippen LogP contribution in [0, 0.1) is 13.8 Å². The van der Waals surface area contributed by atoms with E-state index in [9.17, 15) is 4.79 Å². The van der Waals surface area contributed by atoms with Gasteiger partial charge < -0.3 is 19.4 Å². The number of aromatic nitrogens is 2. The number of carbonyl (C=O) groups excluding carboxylic acids is 1. The van der Waals surface area contributed by atoms with Gasteiger partial charge in [0, 0.05) is 19.4 Å². The number of carbonyl (C=O) groups is 1. The zero-order chi connectivity index (χ0) is 20.8. The topological polar surface area (TPSA) is 65.4 Å². The normalized spacial score (nSPS) is 11.7. The van der Waals surface area contributed by atoms with Crippen LogP contribution in [0.15, 0.2) is 54.9 Å². The fourth-order valence-corrected chi connectivity index (χ4v) is 3.10. The van der Waals surface area contributed by atoms with E-state index in [1.807, 2.05) is 74.1 Å². The Bertz CT molecular complexity index is 964. The molecule has 2 aromatic carbocycles. The summed E-state index contributed by atoms with van der Waals surface area (Å²) < 4.78 is 13.0. The minimum absolute atomic E-state index is 0.0980. The van der Waals surface area contributed by atoms with Gasteiger partial charge in [-0.15, -0.1) is 0 Å². The highest BCUT2D eigenvalue weighted by Gasteiger charge is 2.21. The predicted octanol–water partition coefficient (Wildman–Crippen LogP) is 3.72. The van der Waals surface area contributed by atoms with Gasteiger partial charge >= 0.3 is 0 Å². The third kappa shape index (κ3) is 5.16. The molecule has 0 spiro atoms. The second-order valence-corrected chi connectivity index (χ2v) is 7.04. The van der Waals surface area contributed by atoms with E-state index in [0.29, 0.717) is 6.61 Å². The Balaban J connectivity index is 1.68. The van der Waals surface area contributed by atoms with Gasteiger partial charge in [-0.1, -0.05) is 24.3 Å². The summed E-state index contributed by atoms with van der Waals surface area (Å²) in [6.07, 6.45) is 3.84. The Labute approximate surface area is 171 Å². The van der Waals surface area contributed by atoms with Crippen LogP contribution >= 0.6 is 0 Å². The first-order valence-electron chi connectivity index (χ1n) is 9.58. The number of hydrogen-bond donors (Lipinski definition) is 1. The van der Waals surface area contributed by atoms with Crippen LogP contribution in [-0.2, 0) is 11.8 Å². The van der Waals surface area contributed by atoms with Crippen molar-refractivity contribution in [1.29, 1.82) is 0 Å². The summed E-state index contributed by atoms with van der Waals surface area (Å²) in [6, 6.07) is 13.3. The molecule has 0 aliphatic rings. The summed E-state index contributed by atoms with van der Waals surface area (Å²) in [6.45, 7) is 4.33. The summed E-state index contributed by atoms with van der Waals surface area (Å²) in [4.78, 5) is 17.1. The molecule has 0 saturated heterocycles. The highest BCUT2D eigenvalue weighted by atomic mass is 16.5. The van der Waals surface area contributed by atoms with E-state index in [2.05, 4.69) is 10.3 Å². The Hall–Kier alpha value is -3.28. The summed E-state index contributed by atoms with van der Waals surface area (Å²) >= 11 is 0. The van der Waals surface area contributed by atoms with Crippen molar-refractivity contribution in [2.45, 2.75) is 26.3 Å². The van der Waals surface area contributed by atoms with Crippen LogP contribution in [0.4, 0.5) is 0 Å². The zero-order valence-corrected chi connectivity index (χ0v) is 17.3. The lowest BCUT2D eigenvalue weighted by Crippen LogP contribution is -2.32. The molecule has 0 saturated carbocycles.